The van der Waals surface area contributed by atoms with Gasteiger partial charge in [-0.2, -0.15) is 5.10 Å². The van der Waals surface area contributed by atoms with Crippen molar-refractivity contribution < 1.29 is 9.53 Å². The smallest absolute Gasteiger partial charge is 0.245 e. The number of fused-ring (bicyclic) bond motifs is 1. The molecule has 1 amide bonds. The number of hydrogen-bond donors (Lipinski definition) is 0. The Hall–Kier alpha value is -4.00. The van der Waals surface area contributed by atoms with E-state index in [9.17, 15) is 4.79 Å². The number of aromatic nitrogens is 4. The highest BCUT2D eigenvalue weighted by Gasteiger charge is 2.30. The van der Waals surface area contributed by atoms with E-state index in [4.69, 9.17) is 9.84 Å². The average Bonchev–Trinajstić information content (AvgIpc) is 3.15. The number of rotatable bonds is 6. The van der Waals surface area contributed by atoms with Gasteiger partial charge in [-0.15, -0.1) is 0 Å². The fraction of sp³-hybridized carbons (Fsp3) is 0.167. The molecule has 0 spiro atoms. The van der Waals surface area contributed by atoms with Crippen molar-refractivity contribution in [3.05, 3.63) is 79.8 Å². The standard InChI is InChI=1S/C24H21N5O2/c1-2-22(30)28-13-17(14-28)15-29-24-21(12-25-16-26-24)23(27-29)18-8-10-20(11-9-18)31-19-6-4-3-5-7-19/h2-12,16-17H,1,13-15H2. The molecule has 1 aliphatic rings. The summed E-state index contributed by atoms with van der Waals surface area (Å²) in [5, 5.41) is 5.74. The predicted molar refractivity (Wildman–Crippen MR) is 118 cm³/mol. The first-order valence-electron chi connectivity index (χ1n) is 10.1. The molecule has 7 nitrogen and oxygen atoms in total. The molecule has 0 bridgehead atoms. The topological polar surface area (TPSA) is 73.1 Å². The number of para-hydroxylation sites is 1. The monoisotopic (exact) mass is 411 g/mol. The second kappa shape index (κ2) is 8.02. The zero-order chi connectivity index (χ0) is 21.2. The van der Waals surface area contributed by atoms with Crippen LogP contribution in [0, 0.1) is 5.92 Å². The van der Waals surface area contributed by atoms with Crippen LogP contribution < -0.4 is 4.74 Å². The Kier molecular flexibility index (Phi) is 4.92. The van der Waals surface area contributed by atoms with E-state index in [2.05, 4.69) is 16.5 Å². The zero-order valence-electron chi connectivity index (χ0n) is 16.9. The van der Waals surface area contributed by atoms with Crippen molar-refractivity contribution in [3.63, 3.8) is 0 Å². The van der Waals surface area contributed by atoms with Gasteiger partial charge in [0, 0.05) is 37.3 Å². The Bertz CT molecular complexity index is 1230. The molecule has 154 valence electrons. The molecule has 0 saturated carbocycles. The highest BCUT2D eigenvalue weighted by atomic mass is 16.5. The lowest BCUT2D eigenvalue weighted by Gasteiger charge is -2.38. The number of nitrogens with zero attached hydrogens (tertiary/aromatic N) is 5. The Morgan fingerprint density at radius 2 is 1.84 bits per heavy atom. The molecule has 7 heteroatoms. The highest BCUT2D eigenvalue weighted by Crippen LogP contribution is 2.30. The maximum Gasteiger partial charge on any atom is 0.245 e. The average molecular weight is 411 g/mol. The fourth-order valence-corrected chi connectivity index (χ4v) is 3.80. The number of amides is 1. The lowest BCUT2D eigenvalue weighted by Crippen LogP contribution is -2.50. The maximum absolute atomic E-state index is 11.7. The summed E-state index contributed by atoms with van der Waals surface area (Å²) in [7, 11) is 0. The summed E-state index contributed by atoms with van der Waals surface area (Å²) in [5.41, 5.74) is 2.60. The second-order valence-corrected chi connectivity index (χ2v) is 7.54. The van der Waals surface area contributed by atoms with Crippen LogP contribution in [0.5, 0.6) is 11.5 Å². The minimum absolute atomic E-state index is 0.0256. The van der Waals surface area contributed by atoms with Crippen molar-refractivity contribution in [1.29, 1.82) is 0 Å². The maximum atomic E-state index is 11.7. The third kappa shape index (κ3) is 3.77. The van der Waals surface area contributed by atoms with Gasteiger partial charge in [-0.1, -0.05) is 24.8 Å². The molecule has 2 aromatic carbocycles. The summed E-state index contributed by atoms with van der Waals surface area (Å²) in [4.78, 5) is 22.1. The van der Waals surface area contributed by atoms with Gasteiger partial charge in [0.1, 0.15) is 23.5 Å². The predicted octanol–water partition coefficient (Wildman–Crippen LogP) is 3.93. The van der Waals surface area contributed by atoms with Crippen LogP contribution in [0.4, 0.5) is 0 Å². The van der Waals surface area contributed by atoms with Gasteiger partial charge >= 0.3 is 0 Å². The van der Waals surface area contributed by atoms with Crippen molar-refractivity contribution in [2.24, 2.45) is 5.92 Å². The summed E-state index contributed by atoms with van der Waals surface area (Å²) in [6, 6.07) is 17.5. The fourth-order valence-electron chi connectivity index (χ4n) is 3.80. The summed E-state index contributed by atoms with van der Waals surface area (Å²) in [6.45, 7) is 5.66. The number of hydrogen-bond acceptors (Lipinski definition) is 5. The molecule has 2 aromatic heterocycles. The van der Waals surface area contributed by atoms with E-state index >= 15 is 0 Å². The van der Waals surface area contributed by atoms with Gasteiger partial charge in [0.2, 0.25) is 5.91 Å². The molecule has 1 saturated heterocycles. The van der Waals surface area contributed by atoms with E-state index < -0.39 is 0 Å². The van der Waals surface area contributed by atoms with Crippen molar-refractivity contribution >= 4 is 16.9 Å². The molecular formula is C24H21N5O2. The minimum atomic E-state index is -0.0256. The van der Waals surface area contributed by atoms with E-state index in [1.807, 2.05) is 59.3 Å². The third-order valence-electron chi connectivity index (χ3n) is 5.39. The minimum Gasteiger partial charge on any atom is -0.457 e. The van der Waals surface area contributed by atoms with Gasteiger partial charge in [0.25, 0.3) is 0 Å². The molecule has 0 N–H and O–H groups in total. The number of likely N-dealkylation sites (tertiary alicyclic amines) is 1. The van der Waals surface area contributed by atoms with Crippen LogP contribution in [-0.4, -0.2) is 43.6 Å². The molecular weight excluding hydrogens is 390 g/mol. The Morgan fingerprint density at radius 3 is 2.58 bits per heavy atom. The number of carbonyl (C=O) groups excluding carboxylic acids is 1. The van der Waals surface area contributed by atoms with Gasteiger partial charge < -0.3 is 9.64 Å². The normalized spacial score (nSPS) is 13.7. The van der Waals surface area contributed by atoms with E-state index in [1.54, 1.807) is 11.1 Å². The van der Waals surface area contributed by atoms with Gasteiger partial charge in [-0.3, -0.25) is 4.79 Å². The first kappa shape index (κ1) is 19.0. The molecule has 31 heavy (non-hydrogen) atoms. The zero-order valence-corrected chi connectivity index (χ0v) is 16.9. The van der Waals surface area contributed by atoms with Gasteiger partial charge in [0.15, 0.2) is 5.65 Å². The lowest BCUT2D eigenvalue weighted by atomic mass is 10.0. The second-order valence-electron chi connectivity index (χ2n) is 7.54. The van der Waals surface area contributed by atoms with E-state index in [0.717, 1.165) is 33.8 Å². The lowest BCUT2D eigenvalue weighted by molar-refractivity contribution is -0.132. The quantitative estimate of drug-likeness (QED) is 0.450. The summed E-state index contributed by atoms with van der Waals surface area (Å²) < 4.78 is 7.80. The van der Waals surface area contributed by atoms with Crippen LogP contribution >= 0.6 is 0 Å². The summed E-state index contributed by atoms with van der Waals surface area (Å²) in [6.07, 6.45) is 4.69. The van der Waals surface area contributed by atoms with Gasteiger partial charge in [-0.25, -0.2) is 14.6 Å². The molecule has 1 aliphatic heterocycles. The Balaban J connectivity index is 1.38. The van der Waals surface area contributed by atoms with Gasteiger partial charge in [-0.05, 0) is 42.5 Å². The van der Waals surface area contributed by atoms with E-state index in [1.165, 1.54) is 12.4 Å². The van der Waals surface area contributed by atoms with Crippen molar-refractivity contribution in [1.82, 2.24) is 24.6 Å². The van der Waals surface area contributed by atoms with Crippen molar-refractivity contribution in [2.75, 3.05) is 13.1 Å². The van der Waals surface area contributed by atoms with Crippen LogP contribution in [-0.2, 0) is 11.3 Å². The molecule has 4 aromatic rings. The first-order chi connectivity index (χ1) is 15.2. The molecule has 0 atom stereocenters. The van der Waals surface area contributed by atoms with Crippen LogP contribution in [0.15, 0.2) is 79.8 Å². The molecule has 0 aliphatic carbocycles. The van der Waals surface area contributed by atoms with Crippen molar-refractivity contribution in [3.8, 4) is 22.8 Å². The first-order valence-corrected chi connectivity index (χ1v) is 10.1. The summed E-state index contributed by atoms with van der Waals surface area (Å²) in [5.74, 6) is 1.87. The van der Waals surface area contributed by atoms with E-state index in [0.29, 0.717) is 25.6 Å². The van der Waals surface area contributed by atoms with E-state index in [-0.39, 0.29) is 5.91 Å². The molecule has 0 unspecified atom stereocenters. The van der Waals surface area contributed by atoms with Gasteiger partial charge in [0.05, 0.1) is 5.39 Å². The molecule has 5 rings (SSSR count). The number of ether oxygens (including phenoxy) is 1. The number of carbonyl (C=O) groups is 1. The Morgan fingerprint density at radius 1 is 1.10 bits per heavy atom. The third-order valence-corrected chi connectivity index (χ3v) is 5.39. The van der Waals surface area contributed by atoms with Crippen molar-refractivity contribution in [2.45, 2.75) is 6.54 Å². The largest absolute Gasteiger partial charge is 0.457 e. The number of benzene rings is 2. The molecule has 1 fully saturated rings. The molecule has 0 radical (unpaired) electrons. The van der Waals surface area contributed by atoms with Crippen LogP contribution in [0.1, 0.15) is 0 Å². The molecule has 3 heterocycles. The van der Waals surface area contributed by atoms with Crippen LogP contribution in [0.3, 0.4) is 0 Å². The Labute approximate surface area is 179 Å². The highest BCUT2D eigenvalue weighted by molar-refractivity contribution is 5.90. The summed E-state index contributed by atoms with van der Waals surface area (Å²) >= 11 is 0. The van der Waals surface area contributed by atoms with Crippen LogP contribution in [0.25, 0.3) is 22.3 Å². The van der Waals surface area contributed by atoms with Crippen LogP contribution in [0.2, 0.25) is 0 Å². The SMILES string of the molecule is C=CC(=O)N1CC(Cn2nc(-c3ccc(Oc4ccccc4)cc3)c3cncnc32)C1.